The summed E-state index contributed by atoms with van der Waals surface area (Å²) in [5, 5.41) is 16.7. The Morgan fingerprint density at radius 1 is 0.902 bits per heavy atom. The number of rotatable bonds is 7. The summed E-state index contributed by atoms with van der Waals surface area (Å²) in [5.41, 5.74) is 1.87. The molecule has 0 bridgehead atoms. The Morgan fingerprint density at radius 2 is 1.54 bits per heavy atom. The highest BCUT2D eigenvalue weighted by molar-refractivity contribution is 5.93. The van der Waals surface area contributed by atoms with E-state index in [1.165, 1.54) is 24.3 Å². The van der Waals surface area contributed by atoms with Crippen LogP contribution >= 0.6 is 0 Å². The van der Waals surface area contributed by atoms with Gasteiger partial charge in [-0.1, -0.05) is 42.5 Å². The van der Waals surface area contributed by atoms with Gasteiger partial charge in [0.15, 0.2) is 0 Å². The third-order valence-corrected chi connectivity index (χ3v) is 7.34. The number of urea groups is 1. The van der Waals surface area contributed by atoms with Gasteiger partial charge in [-0.25, -0.2) is 14.0 Å². The minimum atomic E-state index is -0.679. The van der Waals surface area contributed by atoms with Crippen LogP contribution in [0.25, 0.3) is 11.1 Å². The van der Waals surface area contributed by atoms with E-state index in [1.807, 2.05) is 30.3 Å². The number of nitrogens with zero attached hydrogens (tertiary/aromatic N) is 3. The average Bonchev–Trinajstić information content (AvgIpc) is 3.56. The van der Waals surface area contributed by atoms with E-state index in [9.17, 15) is 28.9 Å². The molecule has 0 spiro atoms. The number of likely N-dealkylation sites (tertiary alicyclic amines) is 2. The molecule has 0 aromatic heterocycles. The smallest absolute Gasteiger partial charge is 0.407 e. The summed E-state index contributed by atoms with van der Waals surface area (Å²) >= 11 is 0. The van der Waals surface area contributed by atoms with Crippen molar-refractivity contribution in [2.45, 2.75) is 6.61 Å². The van der Waals surface area contributed by atoms with Gasteiger partial charge in [0.1, 0.15) is 24.7 Å². The average molecular weight is 562 g/mol. The molecule has 2 aliphatic heterocycles. The lowest BCUT2D eigenvalue weighted by Crippen LogP contribution is -2.41. The zero-order chi connectivity index (χ0) is 28.9. The van der Waals surface area contributed by atoms with E-state index in [0.29, 0.717) is 37.3 Å². The molecule has 3 aromatic rings. The van der Waals surface area contributed by atoms with E-state index in [4.69, 9.17) is 4.74 Å². The van der Waals surface area contributed by atoms with Crippen molar-refractivity contribution in [2.24, 2.45) is 11.8 Å². The number of nitro groups is 1. The molecule has 2 unspecified atom stereocenters. The molecule has 2 saturated heterocycles. The zero-order valence-electron chi connectivity index (χ0n) is 22.0. The van der Waals surface area contributed by atoms with Gasteiger partial charge >= 0.3 is 12.1 Å². The minimum absolute atomic E-state index is 0.0425. The lowest BCUT2D eigenvalue weighted by atomic mass is 10.0. The second kappa shape index (κ2) is 12.0. The van der Waals surface area contributed by atoms with Crippen LogP contribution in [0.4, 0.5) is 25.4 Å². The predicted octanol–water partition coefficient (Wildman–Crippen LogP) is 4.25. The van der Waals surface area contributed by atoms with Crippen molar-refractivity contribution in [3.05, 3.63) is 94.3 Å². The standard InChI is InChI=1S/C29H28FN5O6/c30-24-9-6-20(7-10-24)21-8-11-26(35(39)40)25(12-21)32-28(37)34-16-22-14-33(15-23(22)17-34)27(36)13-31-29(38)41-18-19-4-2-1-3-5-19/h1-12,22-23H,13-18H2,(H,31,38)(H,32,37). The first kappa shape index (κ1) is 27.6. The van der Waals surface area contributed by atoms with Crippen molar-refractivity contribution in [2.75, 3.05) is 38.0 Å². The fourth-order valence-corrected chi connectivity index (χ4v) is 5.21. The molecule has 212 valence electrons. The van der Waals surface area contributed by atoms with Gasteiger partial charge in [-0.3, -0.25) is 14.9 Å². The summed E-state index contributed by atoms with van der Waals surface area (Å²) < 4.78 is 18.5. The van der Waals surface area contributed by atoms with Crippen LogP contribution in [0.2, 0.25) is 0 Å². The molecule has 5 rings (SSSR count). The molecule has 4 amide bonds. The molecule has 2 atom stereocenters. The van der Waals surface area contributed by atoms with E-state index in [1.54, 1.807) is 28.0 Å². The number of hydrogen-bond donors (Lipinski definition) is 2. The van der Waals surface area contributed by atoms with E-state index < -0.39 is 22.9 Å². The second-order valence-corrected chi connectivity index (χ2v) is 10.1. The number of hydrogen-bond acceptors (Lipinski definition) is 6. The molecule has 12 heteroatoms. The SMILES string of the molecule is O=C(NCC(=O)N1CC2CN(C(=O)Nc3cc(-c4ccc(F)cc4)ccc3[N+](=O)[O-])CC2C1)OCc1ccccc1. The Bertz CT molecular complexity index is 1440. The normalized spacial score (nSPS) is 17.6. The van der Waals surface area contributed by atoms with Crippen molar-refractivity contribution in [3.8, 4) is 11.1 Å². The third kappa shape index (κ3) is 6.60. The Kier molecular flexibility index (Phi) is 8.09. The number of alkyl carbamates (subject to hydrolysis) is 1. The van der Waals surface area contributed by atoms with Crippen LogP contribution in [-0.4, -0.2) is 65.5 Å². The topological polar surface area (TPSA) is 134 Å². The Morgan fingerprint density at radius 3 is 2.20 bits per heavy atom. The first-order valence-corrected chi connectivity index (χ1v) is 13.1. The fraction of sp³-hybridized carbons (Fsp3) is 0.276. The van der Waals surface area contributed by atoms with E-state index in [-0.39, 0.29) is 42.3 Å². The van der Waals surface area contributed by atoms with E-state index in [2.05, 4.69) is 10.6 Å². The van der Waals surface area contributed by atoms with Gasteiger partial charge in [0.25, 0.3) is 5.69 Å². The summed E-state index contributed by atoms with van der Waals surface area (Å²) in [5.74, 6) is -0.535. The summed E-state index contributed by atoms with van der Waals surface area (Å²) in [6, 6.07) is 18.8. The first-order chi connectivity index (χ1) is 19.8. The Hall–Kier alpha value is -5.00. The monoisotopic (exact) mass is 561 g/mol. The molecule has 3 aromatic carbocycles. The Balaban J connectivity index is 1.12. The zero-order valence-corrected chi connectivity index (χ0v) is 22.0. The number of carbonyl (C=O) groups excluding carboxylic acids is 3. The molecule has 0 aliphatic carbocycles. The summed E-state index contributed by atoms with van der Waals surface area (Å²) in [7, 11) is 0. The van der Waals surface area contributed by atoms with Gasteiger partial charge in [-0.15, -0.1) is 0 Å². The van der Waals surface area contributed by atoms with Crippen LogP contribution in [0.3, 0.4) is 0 Å². The molecule has 2 aliphatic rings. The van der Waals surface area contributed by atoms with E-state index in [0.717, 1.165) is 5.56 Å². The van der Waals surface area contributed by atoms with Gasteiger partial charge in [-0.2, -0.15) is 0 Å². The number of halogens is 1. The number of nitro benzene ring substituents is 1. The number of fused-ring (bicyclic) bond motifs is 1. The van der Waals surface area contributed by atoms with Crippen LogP contribution in [0.5, 0.6) is 0 Å². The highest BCUT2D eigenvalue weighted by Gasteiger charge is 2.43. The van der Waals surface area contributed by atoms with Gasteiger partial charge in [0, 0.05) is 44.1 Å². The predicted molar refractivity (Wildman–Crippen MR) is 147 cm³/mol. The van der Waals surface area contributed by atoms with Crippen LogP contribution in [0, 0.1) is 27.8 Å². The molecule has 41 heavy (non-hydrogen) atoms. The van der Waals surface area contributed by atoms with Crippen LogP contribution in [0.15, 0.2) is 72.8 Å². The van der Waals surface area contributed by atoms with Gasteiger partial charge in [0.05, 0.1) is 4.92 Å². The van der Waals surface area contributed by atoms with Crippen molar-refractivity contribution < 1.29 is 28.4 Å². The van der Waals surface area contributed by atoms with Crippen molar-refractivity contribution in [3.63, 3.8) is 0 Å². The maximum Gasteiger partial charge on any atom is 0.407 e. The number of nitrogens with one attached hydrogen (secondary N) is 2. The molecule has 2 heterocycles. The largest absolute Gasteiger partial charge is 0.445 e. The number of anilines is 1. The van der Waals surface area contributed by atoms with Gasteiger partial charge in [0.2, 0.25) is 5.91 Å². The van der Waals surface area contributed by atoms with Crippen LogP contribution < -0.4 is 10.6 Å². The summed E-state index contributed by atoms with van der Waals surface area (Å²) in [4.78, 5) is 52.0. The maximum atomic E-state index is 13.3. The lowest BCUT2D eigenvalue weighted by Gasteiger charge is -2.22. The minimum Gasteiger partial charge on any atom is -0.445 e. The maximum absolute atomic E-state index is 13.3. The summed E-state index contributed by atoms with van der Waals surface area (Å²) in [6.07, 6.45) is -0.679. The second-order valence-electron chi connectivity index (χ2n) is 10.1. The van der Waals surface area contributed by atoms with Crippen molar-refractivity contribution >= 4 is 29.4 Å². The summed E-state index contributed by atoms with van der Waals surface area (Å²) in [6.45, 7) is 1.57. The molecular formula is C29H28FN5O6. The highest BCUT2D eigenvalue weighted by atomic mass is 19.1. The van der Waals surface area contributed by atoms with Crippen molar-refractivity contribution in [1.82, 2.24) is 15.1 Å². The number of benzene rings is 3. The highest BCUT2D eigenvalue weighted by Crippen LogP contribution is 2.34. The van der Waals surface area contributed by atoms with Crippen molar-refractivity contribution in [1.29, 1.82) is 0 Å². The number of ether oxygens (including phenoxy) is 1. The number of amides is 4. The molecule has 0 saturated carbocycles. The third-order valence-electron chi connectivity index (χ3n) is 7.34. The molecular weight excluding hydrogens is 533 g/mol. The molecule has 0 radical (unpaired) electrons. The molecule has 2 N–H and O–H groups in total. The van der Waals surface area contributed by atoms with Gasteiger partial charge in [-0.05, 0) is 41.0 Å². The first-order valence-electron chi connectivity index (χ1n) is 13.1. The fourth-order valence-electron chi connectivity index (χ4n) is 5.21. The van der Waals surface area contributed by atoms with Crippen LogP contribution in [0.1, 0.15) is 5.56 Å². The molecule has 11 nitrogen and oxygen atoms in total. The number of carbonyl (C=O) groups is 3. The Labute approximate surface area is 235 Å². The quantitative estimate of drug-likeness (QED) is 0.327. The van der Waals surface area contributed by atoms with Crippen LogP contribution in [-0.2, 0) is 16.1 Å². The van der Waals surface area contributed by atoms with E-state index >= 15 is 0 Å². The van der Waals surface area contributed by atoms with Gasteiger partial charge < -0.3 is 25.2 Å². The molecule has 2 fully saturated rings. The lowest BCUT2D eigenvalue weighted by molar-refractivity contribution is -0.383.